The Balaban J connectivity index is 1.75. The van der Waals surface area contributed by atoms with E-state index in [2.05, 4.69) is 53.3 Å². The first kappa shape index (κ1) is 14.4. The summed E-state index contributed by atoms with van der Waals surface area (Å²) in [6.45, 7) is 5.56. The molecule has 1 N–H and O–H groups in total. The average Bonchev–Trinajstić information content (AvgIpc) is 2.80. The maximum absolute atomic E-state index is 5.78. The van der Waals surface area contributed by atoms with Crippen molar-refractivity contribution in [1.82, 2.24) is 5.32 Å². The van der Waals surface area contributed by atoms with Gasteiger partial charge < -0.3 is 10.1 Å². The lowest BCUT2D eigenvalue weighted by Crippen LogP contribution is -2.38. The summed E-state index contributed by atoms with van der Waals surface area (Å²) in [7, 11) is 0. The van der Waals surface area contributed by atoms with Gasteiger partial charge in [0.05, 0.1) is 6.61 Å². The summed E-state index contributed by atoms with van der Waals surface area (Å²) in [5, 5.41) is 3.91. The molecule has 4 unspecified atom stereocenters. The van der Waals surface area contributed by atoms with E-state index < -0.39 is 0 Å². The molecule has 3 rings (SSSR count). The van der Waals surface area contributed by atoms with Crippen LogP contribution in [0.25, 0.3) is 0 Å². The van der Waals surface area contributed by atoms with Gasteiger partial charge in [0.15, 0.2) is 0 Å². The maximum atomic E-state index is 5.78. The molecule has 0 spiro atoms. The molecular weight excluding hydrogens is 314 g/mol. The van der Waals surface area contributed by atoms with Gasteiger partial charge in [0.25, 0.3) is 0 Å². The van der Waals surface area contributed by atoms with Crippen molar-refractivity contribution in [3.63, 3.8) is 0 Å². The van der Waals surface area contributed by atoms with Crippen molar-refractivity contribution in [1.29, 1.82) is 0 Å². The molecule has 1 saturated carbocycles. The molecule has 0 aromatic heterocycles. The number of ether oxygens (including phenoxy) is 1. The molecule has 0 bridgehead atoms. The summed E-state index contributed by atoms with van der Waals surface area (Å²) >= 11 is 3.58. The molecule has 2 nitrogen and oxygen atoms in total. The van der Waals surface area contributed by atoms with Gasteiger partial charge in [-0.05, 0) is 42.9 Å². The van der Waals surface area contributed by atoms with Crippen LogP contribution in [0.4, 0.5) is 0 Å². The number of fused-ring (bicyclic) bond motifs is 1. The molecule has 1 aliphatic heterocycles. The molecular formula is C17H24BrNO. The Morgan fingerprint density at radius 3 is 2.90 bits per heavy atom. The van der Waals surface area contributed by atoms with Gasteiger partial charge in [0, 0.05) is 28.5 Å². The minimum absolute atomic E-state index is 0.444. The summed E-state index contributed by atoms with van der Waals surface area (Å²) in [6, 6.07) is 7.46. The smallest absolute Gasteiger partial charge is 0.124 e. The highest BCUT2D eigenvalue weighted by atomic mass is 79.9. The first-order valence-electron chi connectivity index (χ1n) is 7.87. The van der Waals surface area contributed by atoms with Gasteiger partial charge in [0.1, 0.15) is 5.75 Å². The fourth-order valence-electron chi connectivity index (χ4n) is 3.86. The first-order chi connectivity index (χ1) is 9.69. The topological polar surface area (TPSA) is 21.3 Å². The van der Waals surface area contributed by atoms with Crippen LogP contribution in [0.5, 0.6) is 5.75 Å². The lowest BCUT2D eigenvalue weighted by molar-refractivity contribution is 0.231. The van der Waals surface area contributed by atoms with Crippen molar-refractivity contribution in [2.75, 3.05) is 6.61 Å². The Morgan fingerprint density at radius 2 is 2.15 bits per heavy atom. The van der Waals surface area contributed by atoms with Crippen molar-refractivity contribution in [2.45, 2.75) is 51.6 Å². The molecule has 0 amide bonds. The average molecular weight is 338 g/mol. The van der Waals surface area contributed by atoms with E-state index in [1.807, 2.05) is 0 Å². The normalized spacial score (nSPS) is 32.8. The highest BCUT2D eigenvalue weighted by molar-refractivity contribution is 9.10. The predicted octanol–water partition coefficient (Wildman–Crippen LogP) is 4.69. The number of rotatable bonds is 3. The predicted molar refractivity (Wildman–Crippen MR) is 86.1 cm³/mol. The highest BCUT2D eigenvalue weighted by Crippen LogP contribution is 2.38. The Morgan fingerprint density at radius 1 is 1.30 bits per heavy atom. The monoisotopic (exact) mass is 337 g/mol. The maximum Gasteiger partial charge on any atom is 0.124 e. The van der Waals surface area contributed by atoms with Gasteiger partial charge in [0.2, 0.25) is 0 Å². The molecule has 20 heavy (non-hydrogen) atoms. The number of nitrogens with one attached hydrogen (secondary N) is 1. The summed E-state index contributed by atoms with van der Waals surface area (Å²) in [5.41, 5.74) is 1.32. The summed E-state index contributed by atoms with van der Waals surface area (Å²) in [4.78, 5) is 0. The summed E-state index contributed by atoms with van der Waals surface area (Å²) in [5.74, 6) is 2.74. The number of hydrogen-bond donors (Lipinski definition) is 1. The third kappa shape index (κ3) is 2.75. The van der Waals surface area contributed by atoms with Crippen LogP contribution in [-0.4, -0.2) is 12.6 Å². The number of halogens is 1. The zero-order valence-electron chi connectivity index (χ0n) is 12.4. The molecule has 1 fully saturated rings. The van der Waals surface area contributed by atoms with Gasteiger partial charge >= 0.3 is 0 Å². The van der Waals surface area contributed by atoms with Gasteiger partial charge in [-0.25, -0.2) is 0 Å². The van der Waals surface area contributed by atoms with Gasteiger partial charge in [-0.3, -0.25) is 0 Å². The molecule has 1 aromatic carbocycles. The minimum Gasteiger partial charge on any atom is -0.493 e. The van der Waals surface area contributed by atoms with Gasteiger partial charge in [-0.1, -0.05) is 36.2 Å². The second-order valence-corrected chi connectivity index (χ2v) is 7.17. The van der Waals surface area contributed by atoms with E-state index in [1.54, 1.807) is 0 Å². The molecule has 3 heteroatoms. The van der Waals surface area contributed by atoms with E-state index >= 15 is 0 Å². The van der Waals surface area contributed by atoms with Crippen molar-refractivity contribution in [2.24, 2.45) is 11.8 Å². The van der Waals surface area contributed by atoms with Crippen LogP contribution < -0.4 is 10.1 Å². The van der Waals surface area contributed by atoms with Crippen LogP contribution in [0.3, 0.4) is 0 Å². The minimum atomic E-state index is 0.444. The summed E-state index contributed by atoms with van der Waals surface area (Å²) < 4.78 is 6.92. The Hall–Kier alpha value is -0.540. The number of hydrogen-bond acceptors (Lipinski definition) is 2. The van der Waals surface area contributed by atoms with Crippen LogP contribution in [-0.2, 0) is 0 Å². The second kappa shape index (κ2) is 6.07. The van der Waals surface area contributed by atoms with Crippen molar-refractivity contribution < 1.29 is 4.74 Å². The SMILES string of the molecule is CCC1CCC(NC2CCOc3ccc(Br)cc32)C1C. The third-order valence-corrected chi connectivity index (χ3v) is 5.67. The third-order valence-electron chi connectivity index (χ3n) is 5.18. The zero-order chi connectivity index (χ0) is 14.1. The molecule has 1 aliphatic carbocycles. The van der Waals surface area contributed by atoms with Crippen LogP contribution in [0.1, 0.15) is 51.1 Å². The molecule has 0 saturated heterocycles. The Labute approximate surface area is 130 Å². The second-order valence-electron chi connectivity index (χ2n) is 6.25. The summed E-state index contributed by atoms with van der Waals surface area (Å²) in [6.07, 6.45) is 5.09. The largest absolute Gasteiger partial charge is 0.493 e. The van der Waals surface area contributed by atoms with Crippen LogP contribution in [0.2, 0.25) is 0 Å². The molecule has 4 atom stereocenters. The first-order valence-corrected chi connectivity index (χ1v) is 8.66. The van der Waals surface area contributed by atoms with E-state index in [4.69, 9.17) is 4.74 Å². The van der Waals surface area contributed by atoms with Crippen molar-refractivity contribution in [3.05, 3.63) is 28.2 Å². The lowest BCUT2D eigenvalue weighted by Gasteiger charge is -2.31. The van der Waals surface area contributed by atoms with Crippen molar-refractivity contribution in [3.8, 4) is 5.75 Å². The van der Waals surface area contributed by atoms with Crippen LogP contribution >= 0.6 is 15.9 Å². The Kier molecular flexibility index (Phi) is 4.37. The van der Waals surface area contributed by atoms with E-state index in [-0.39, 0.29) is 0 Å². The highest BCUT2D eigenvalue weighted by Gasteiger charge is 2.34. The van der Waals surface area contributed by atoms with E-state index in [9.17, 15) is 0 Å². The fourth-order valence-corrected chi connectivity index (χ4v) is 4.23. The molecule has 0 radical (unpaired) electrons. The van der Waals surface area contributed by atoms with Crippen molar-refractivity contribution >= 4 is 15.9 Å². The lowest BCUT2D eigenvalue weighted by atomic mass is 9.92. The Bertz CT molecular complexity index is 476. The van der Waals surface area contributed by atoms with Gasteiger partial charge in [-0.2, -0.15) is 0 Å². The number of benzene rings is 1. The molecule has 2 aliphatic rings. The van der Waals surface area contributed by atoms with E-state index in [0.717, 1.165) is 35.1 Å². The molecule has 1 heterocycles. The van der Waals surface area contributed by atoms with Crippen LogP contribution in [0, 0.1) is 11.8 Å². The molecule has 110 valence electrons. The van der Waals surface area contributed by atoms with Gasteiger partial charge in [-0.15, -0.1) is 0 Å². The molecule has 1 aromatic rings. The van der Waals surface area contributed by atoms with E-state index in [1.165, 1.54) is 24.8 Å². The van der Waals surface area contributed by atoms with E-state index in [0.29, 0.717) is 12.1 Å². The quantitative estimate of drug-likeness (QED) is 0.863. The van der Waals surface area contributed by atoms with Crippen LogP contribution in [0.15, 0.2) is 22.7 Å². The zero-order valence-corrected chi connectivity index (χ0v) is 13.9. The fraction of sp³-hybridized carbons (Fsp3) is 0.647. The standard InChI is InChI=1S/C17H24BrNO/c1-3-12-4-6-15(11(12)2)19-16-8-9-20-17-7-5-13(18)10-14(16)17/h5,7,10-12,15-16,19H,3-4,6,8-9H2,1-2H3.